The summed E-state index contributed by atoms with van der Waals surface area (Å²) in [4.78, 5) is 4.84. The molecule has 1 saturated heterocycles. The molecule has 1 atom stereocenters. The molecule has 0 amide bonds. The fourth-order valence-electron chi connectivity index (χ4n) is 3.44. The van der Waals surface area contributed by atoms with Crippen LogP contribution < -0.4 is 14.8 Å². The van der Waals surface area contributed by atoms with Crippen LogP contribution in [0, 0.1) is 0 Å². The van der Waals surface area contributed by atoms with Gasteiger partial charge < -0.3 is 19.5 Å². The van der Waals surface area contributed by atoms with Gasteiger partial charge in [-0.3, -0.25) is 4.40 Å². The minimum Gasteiger partial charge on any atom is -0.493 e. The molecule has 4 rings (SSSR count). The summed E-state index contributed by atoms with van der Waals surface area (Å²) in [7, 11) is 3.29. The normalized spacial score (nSPS) is 16.8. The van der Waals surface area contributed by atoms with Gasteiger partial charge in [0.2, 0.25) is 0 Å². The Kier molecular flexibility index (Phi) is 4.67. The molecule has 136 valence electrons. The van der Waals surface area contributed by atoms with E-state index in [1.165, 1.54) is 0 Å². The lowest BCUT2D eigenvalue weighted by atomic mass is 10.1. The number of ether oxygens (including phenoxy) is 3. The Morgan fingerprint density at radius 3 is 2.88 bits per heavy atom. The zero-order valence-electron chi connectivity index (χ0n) is 15.1. The van der Waals surface area contributed by atoms with Gasteiger partial charge in [-0.15, -0.1) is 0 Å². The monoisotopic (exact) mass is 353 g/mol. The number of nitrogens with one attached hydrogen (secondary N) is 1. The molecule has 6 heteroatoms. The third-order valence-corrected chi connectivity index (χ3v) is 4.71. The van der Waals surface area contributed by atoms with E-state index in [2.05, 4.69) is 9.72 Å². The summed E-state index contributed by atoms with van der Waals surface area (Å²) >= 11 is 0. The van der Waals surface area contributed by atoms with Gasteiger partial charge in [-0.05, 0) is 37.1 Å². The maximum absolute atomic E-state index is 5.75. The highest BCUT2D eigenvalue weighted by atomic mass is 16.5. The van der Waals surface area contributed by atoms with Crippen molar-refractivity contribution in [2.75, 3.05) is 32.7 Å². The molecule has 1 fully saturated rings. The first-order valence-corrected chi connectivity index (χ1v) is 8.85. The largest absolute Gasteiger partial charge is 0.493 e. The van der Waals surface area contributed by atoms with Gasteiger partial charge in [-0.1, -0.05) is 12.1 Å². The number of nitrogens with zero attached hydrogens (tertiary/aromatic N) is 2. The lowest BCUT2D eigenvalue weighted by molar-refractivity contribution is 0.120. The van der Waals surface area contributed by atoms with Crippen LogP contribution in [0.4, 0.5) is 5.82 Å². The van der Waals surface area contributed by atoms with Crippen LogP contribution in [0.3, 0.4) is 0 Å². The molecule has 26 heavy (non-hydrogen) atoms. The Balaban J connectivity index is 1.80. The number of pyridine rings is 1. The maximum Gasteiger partial charge on any atom is 0.170 e. The van der Waals surface area contributed by atoms with E-state index in [4.69, 9.17) is 19.2 Å². The lowest BCUT2D eigenvalue weighted by Crippen LogP contribution is -2.19. The van der Waals surface area contributed by atoms with Gasteiger partial charge in [-0.25, -0.2) is 4.98 Å². The summed E-state index contributed by atoms with van der Waals surface area (Å²) in [5, 5.41) is 3.54. The first-order chi connectivity index (χ1) is 12.8. The van der Waals surface area contributed by atoms with Gasteiger partial charge in [0.15, 0.2) is 11.5 Å². The summed E-state index contributed by atoms with van der Waals surface area (Å²) in [5.41, 5.74) is 2.61. The van der Waals surface area contributed by atoms with Crippen LogP contribution >= 0.6 is 0 Å². The molecular weight excluding hydrogens is 330 g/mol. The predicted octanol–water partition coefficient (Wildman–Crippen LogP) is 3.61. The lowest BCUT2D eigenvalue weighted by Gasteiger charge is -2.15. The van der Waals surface area contributed by atoms with E-state index in [1.807, 2.05) is 42.6 Å². The second-order valence-electron chi connectivity index (χ2n) is 6.29. The molecule has 3 heterocycles. The Morgan fingerprint density at radius 2 is 2.12 bits per heavy atom. The fourth-order valence-corrected chi connectivity index (χ4v) is 3.44. The molecule has 0 spiro atoms. The average molecular weight is 353 g/mol. The molecule has 0 saturated carbocycles. The van der Waals surface area contributed by atoms with Crippen molar-refractivity contribution >= 4 is 11.5 Å². The number of hydrogen-bond donors (Lipinski definition) is 1. The Labute approximate surface area is 152 Å². The minimum absolute atomic E-state index is 0.240. The van der Waals surface area contributed by atoms with Crippen molar-refractivity contribution in [3.8, 4) is 22.8 Å². The van der Waals surface area contributed by atoms with Gasteiger partial charge in [0.25, 0.3) is 0 Å². The van der Waals surface area contributed by atoms with E-state index >= 15 is 0 Å². The van der Waals surface area contributed by atoms with Crippen LogP contribution in [0.15, 0.2) is 42.6 Å². The number of aromatic nitrogens is 2. The van der Waals surface area contributed by atoms with Crippen molar-refractivity contribution in [2.24, 2.45) is 0 Å². The second kappa shape index (κ2) is 7.25. The SMILES string of the molecule is COc1cccc(-c2nc3ccccn3c2NC[C@@H]2CCCO2)c1OC. The first-order valence-electron chi connectivity index (χ1n) is 8.85. The van der Waals surface area contributed by atoms with Gasteiger partial charge in [-0.2, -0.15) is 0 Å². The Hall–Kier alpha value is -2.73. The van der Waals surface area contributed by atoms with E-state index < -0.39 is 0 Å². The molecular formula is C20H23N3O3. The summed E-state index contributed by atoms with van der Waals surface area (Å²) in [6.45, 7) is 1.60. The standard InChI is InChI=1S/C20H23N3O3/c1-24-16-9-5-8-15(19(16)25-2)18-20(21-13-14-7-6-12-26-14)23-11-4-3-10-17(23)22-18/h3-5,8-11,14,21H,6-7,12-13H2,1-2H3/t14-/m0/s1. The molecule has 0 aliphatic carbocycles. The highest BCUT2D eigenvalue weighted by Crippen LogP contribution is 2.40. The van der Waals surface area contributed by atoms with Crippen molar-refractivity contribution < 1.29 is 14.2 Å². The summed E-state index contributed by atoms with van der Waals surface area (Å²) in [5.74, 6) is 2.30. The van der Waals surface area contributed by atoms with Crippen molar-refractivity contribution in [3.63, 3.8) is 0 Å². The molecule has 3 aromatic rings. The number of fused-ring (bicyclic) bond motifs is 1. The molecule has 2 aromatic heterocycles. The van der Waals surface area contributed by atoms with Gasteiger partial charge >= 0.3 is 0 Å². The molecule has 0 bridgehead atoms. The van der Waals surface area contributed by atoms with Crippen molar-refractivity contribution in [3.05, 3.63) is 42.6 Å². The van der Waals surface area contributed by atoms with Crippen molar-refractivity contribution in [2.45, 2.75) is 18.9 Å². The van der Waals surface area contributed by atoms with E-state index in [9.17, 15) is 0 Å². The zero-order chi connectivity index (χ0) is 17.9. The van der Waals surface area contributed by atoms with Gasteiger partial charge in [0, 0.05) is 24.9 Å². The predicted molar refractivity (Wildman–Crippen MR) is 101 cm³/mol. The number of rotatable bonds is 6. The number of para-hydroxylation sites is 1. The fraction of sp³-hybridized carbons (Fsp3) is 0.350. The van der Waals surface area contributed by atoms with Crippen LogP contribution in [-0.2, 0) is 4.74 Å². The second-order valence-corrected chi connectivity index (χ2v) is 6.29. The van der Waals surface area contributed by atoms with Crippen LogP contribution in [0.1, 0.15) is 12.8 Å². The van der Waals surface area contributed by atoms with Crippen LogP contribution in [0.5, 0.6) is 11.5 Å². The molecule has 1 aliphatic heterocycles. The number of imidazole rings is 1. The van der Waals surface area contributed by atoms with E-state index in [1.54, 1.807) is 14.2 Å². The van der Waals surface area contributed by atoms with E-state index in [0.29, 0.717) is 11.5 Å². The van der Waals surface area contributed by atoms with Crippen LogP contribution in [0.25, 0.3) is 16.9 Å². The summed E-state index contributed by atoms with van der Waals surface area (Å²) < 4.78 is 18.9. The summed E-state index contributed by atoms with van der Waals surface area (Å²) in [6.07, 6.45) is 4.46. The topological polar surface area (TPSA) is 57.0 Å². The summed E-state index contributed by atoms with van der Waals surface area (Å²) in [6, 6.07) is 11.8. The quantitative estimate of drug-likeness (QED) is 0.734. The third kappa shape index (κ3) is 2.97. The maximum atomic E-state index is 5.75. The number of benzene rings is 1. The molecule has 0 unspecified atom stereocenters. The van der Waals surface area contributed by atoms with Crippen LogP contribution in [-0.4, -0.2) is 42.9 Å². The Bertz CT molecular complexity index is 900. The Morgan fingerprint density at radius 1 is 1.19 bits per heavy atom. The first kappa shape index (κ1) is 16.7. The minimum atomic E-state index is 0.240. The number of anilines is 1. The molecule has 1 aromatic carbocycles. The molecule has 1 aliphatic rings. The van der Waals surface area contributed by atoms with Crippen molar-refractivity contribution in [1.29, 1.82) is 0 Å². The van der Waals surface area contributed by atoms with Gasteiger partial charge in [0.1, 0.15) is 17.2 Å². The van der Waals surface area contributed by atoms with Crippen LogP contribution in [0.2, 0.25) is 0 Å². The highest BCUT2D eigenvalue weighted by molar-refractivity contribution is 5.82. The number of methoxy groups -OCH3 is 2. The molecule has 6 nitrogen and oxygen atoms in total. The molecule has 0 radical (unpaired) electrons. The van der Waals surface area contributed by atoms with Gasteiger partial charge in [0.05, 0.1) is 20.3 Å². The third-order valence-electron chi connectivity index (χ3n) is 4.71. The highest BCUT2D eigenvalue weighted by Gasteiger charge is 2.21. The van der Waals surface area contributed by atoms with E-state index in [-0.39, 0.29) is 6.10 Å². The van der Waals surface area contributed by atoms with E-state index in [0.717, 1.165) is 48.7 Å². The molecule has 1 N–H and O–H groups in total. The average Bonchev–Trinajstić information content (AvgIpc) is 3.33. The number of hydrogen-bond acceptors (Lipinski definition) is 5. The van der Waals surface area contributed by atoms with Crippen molar-refractivity contribution in [1.82, 2.24) is 9.38 Å². The zero-order valence-corrected chi connectivity index (χ0v) is 15.1. The smallest absolute Gasteiger partial charge is 0.170 e.